The Morgan fingerprint density at radius 3 is 2.44 bits per heavy atom. The molecule has 0 aromatic rings. The van der Waals surface area contributed by atoms with Crippen molar-refractivity contribution in [1.82, 2.24) is 0 Å². The first kappa shape index (κ1) is 24.6. The molecule has 3 saturated carbocycles. The Hall–Kier alpha value is -0.550. The van der Waals surface area contributed by atoms with Gasteiger partial charge in [-0.3, -0.25) is 0 Å². The van der Waals surface area contributed by atoms with Crippen LogP contribution >= 0.6 is 0 Å². The highest BCUT2D eigenvalue weighted by Crippen LogP contribution is 2.67. The average molecular weight is 457 g/mol. The summed E-state index contributed by atoms with van der Waals surface area (Å²) in [5, 5.41) is 20.5. The molecule has 2 N–H and O–H groups in total. The number of aliphatic hydroxyl groups excluding tert-OH is 1. The molecule has 0 amide bonds. The summed E-state index contributed by atoms with van der Waals surface area (Å²) in [6, 6.07) is 0. The first-order valence-electron chi connectivity index (χ1n) is 12.9. The zero-order chi connectivity index (χ0) is 23.5. The van der Waals surface area contributed by atoms with Crippen LogP contribution in [0.25, 0.3) is 0 Å². The molecule has 5 heteroatoms. The number of alkyl halides is 3. The number of hydrogen-bond acceptors (Lipinski definition) is 2. The van der Waals surface area contributed by atoms with E-state index in [1.165, 1.54) is 31.3 Å². The third-order valence-corrected chi connectivity index (χ3v) is 10.6. The highest BCUT2D eigenvalue weighted by atomic mass is 19.4. The Balaban J connectivity index is 1.44. The topological polar surface area (TPSA) is 40.5 Å². The Morgan fingerprint density at radius 2 is 1.75 bits per heavy atom. The molecular formula is C27H43F3O2. The van der Waals surface area contributed by atoms with Crippen molar-refractivity contribution in [2.75, 3.05) is 0 Å². The van der Waals surface area contributed by atoms with Crippen LogP contribution in [0, 0.1) is 40.4 Å². The number of rotatable bonds is 5. The van der Waals surface area contributed by atoms with Gasteiger partial charge in [-0.2, -0.15) is 13.2 Å². The second-order valence-electron chi connectivity index (χ2n) is 12.7. The van der Waals surface area contributed by atoms with Gasteiger partial charge in [-0.1, -0.05) is 32.4 Å². The number of aliphatic hydroxyl groups is 2. The van der Waals surface area contributed by atoms with Crippen molar-refractivity contribution in [1.29, 1.82) is 0 Å². The molecular weight excluding hydrogens is 413 g/mol. The van der Waals surface area contributed by atoms with Crippen LogP contribution in [-0.2, 0) is 0 Å². The van der Waals surface area contributed by atoms with E-state index in [9.17, 15) is 23.4 Å². The maximum atomic E-state index is 12.6. The maximum absolute atomic E-state index is 12.6. The zero-order valence-electron chi connectivity index (χ0n) is 20.3. The van der Waals surface area contributed by atoms with Gasteiger partial charge in [-0.15, -0.1) is 0 Å². The predicted molar refractivity (Wildman–Crippen MR) is 121 cm³/mol. The molecule has 0 aliphatic heterocycles. The van der Waals surface area contributed by atoms with Crippen LogP contribution < -0.4 is 0 Å². The summed E-state index contributed by atoms with van der Waals surface area (Å²) in [6.45, 7) is 9.09. The monoisotopic (exact) mass is 456 g/mol. The molecule has 9 atom stereocenters. The first-order valence-corrected chi connectivity index (χ1v) is 12.9. The zero-order valence-corrected chi connectivity index (χ0v) is 20.3. The molecule has 0 heterocycles. The summed E-state index contributed by atoms with van der Waals surface area (Å²) in [7, 11) is 0. The molecule has 0 saturated heterocycles. The number of hydrogen-bond donors (Lipinski definition) is 2. The lowest BCUT2D eigenvalue weighted by Crippen LogP contribution is -2.52. The summed E-state index contributed by atoms with van der Waals surface area (Å²) in [5.41, 5.74) is 1.40. The summed E-state index contributed by atoms with van der Waals surface area (Å²) in [4.78, 5) is 0. The molecule has 4 aliphatic carbocycles. The SMILES string of the molecule is C[C@H](CC[C@@H](O)CC(F)(F)F)[C@H]1CC[C@H]2[C@@H]3CC=C4C[C@@](C)(O)CC[C@]4(C)[C@H]3CC[C@]12C. The van der Waals surface area contributed by atoms with Gasteiger partial charge in [-0.05, 0) is 112 Å². The van der Waals surface area contributed by atoms with Gasteiger partial charge in [0.2, 0.25) is 0 Å². The van der Waals surface area contributed by atoms with Crippen LogP contribution in [-0.4, -0.2) is 28.1 Å². The molecule has 0 spiro atoms. The van der Waals surface area contributed by atoms with Gasteiger partial charge < -0.3 is 10.2 Å². The van der Waals surface area contributed by atoms with E-state index in [4.69, 9.17) is 0 Å². The second kappa shape index (κ2) is 8.29. The Morgan fingerprint density at radius 1 is 1.03 bits per heavy atom. The highest BCUT2D eigenvalue weighted by Gasteiger charge is 2.59. The Bertz CT molecular complexity index is 729. The summed E-state index contributed by atoms with van der Waals surface area (Å²) >= 11 is 0. The van der Waals surface area contributed by atoms with Crippen LogP contribution in [0.15, 0.2) is 11.6 Å². The van der Waals surface area contributed by atoms with Gasteiger partial charge >= 0.3 is 6.18 Å². The van der Waals surface area contributed by atoms with Crippen molar-refractivity contribution in [3.8, 4) is 0 Å². The maximum Gasteiger partial charge on any atom is 0.391 e. The molecule has 0 aromatic carbocycles. The van der Waals surface area contributed by atoms with Crippen LogP contribution in [0.1, 0.15) is 98.3 Å². The highest BCUT2D eigenvalue weighted by molar-refractivity contribution is 5.26. The van der Waals surface area contributed by atoms with Gasteiger partial charge in [-0.25, -0.2) is 0 Å². The van der Waals surface area contributed by atoms with Gasteiger partial charge in [0.15, 0.2) is 0 Å². The largest absolute Gasteiger partial charge is 0.393 e. The second-order valence-corrected chi connectivity index (χ2v) is 12.7. The molecule has 3 fully saturated rings. The number of halogens is 3. The smallest absolute Gasteiger partial charge is 0.391 e. The summed E-state index contributed by atoms with van der Waals surface area (Å²) < 4.78 is 37.8. The van der Waals surface area contributed by atoms with E-state index in [0.717, 1.165) is 25.7 Å². The molecule has 0 radical (unpaired) electrons. The minimum Gasteiger partial charge on any atom is -0.393 e. The van der Waals surface area contributed by atoms with E-state index in [1.807, 2.05) is 6.92 Å². The lowest BCUT2D eigenvalue weighted by atomic mass is 9.46. The van der Waals surface area contributed by atoms with Gasteiger partial charge in [0.05, 0.1) is 18.1 Å². The molecule has 0 aromatic heterocycles. The lowest BCUT2D eigenvalue weighted by molar-refractivity contribution is -0.154. The van der Waals surface area contributed by atoms with E-state index in [-0.39, 0.29) is 17.3 Å². The molecule has 4 aliphatic rings. The van der Waals surface area contributed by atoms with Crippen LogP contribution in [0.2, 0.25) is 0 Å². The first-order chi connectivity index (χ1) is 14.8. The van der Waals surface area contributed by atoms with Crippen molar-refractivity contribution >= 4 is 0 Å². The quantitative estimate of drug-likeness (QED) is 0.435. The number of allylic oxidation sites excluding steroid dienone is 1. The summed E-state index contributed by atoms with van der Waals surface area (Å²) in [5.74, 6) is 2.96. The third-order valence-electron chi connectivity index (χ3n) is 10.6. The number of fused-ring (bicyclic) bond motifs is 5. The van der Waals surface area contributed by atoms with E-state index in [1.54, 1.807) is 0 Å². The van der Waals surface area contributed by atoms with E-state index < -0.39 is 24.3 Å². The van der Waals surface area contributed by atoms with Crippen LogP contribution in [0.5, 0.6) is 0 Å². The molecule has 32 heavy (non-hydrogen) atoms. The molecule has 0 bridgehead atoms. The van der Waals surface area contributed by atoms with Crippen molar-refractivity contribution < 1.29 is 23.4 Å². The fourth-order valence-electron chi connectivity index (χ4n) is 8.81. The van der Waals surface area contributed by atoms with Gasteiger partial charge in [0.25, 0.3) is 0 Å². The van der Waals surface area contributed by atoms with E-state index in [0.29, 0.717) is 36.0 Å². The molecule has 0 unspecified atom stereocenters. The van der Waals surface area contributed by atoms with Crippen molar-refractivity contribution in [2.24, 2.45) is 40.4 Å². The molecule has 2 nitrogen and oxygen atoms in total. The Labute approximate surface area is 192 Å². The molecule has 4 rings (SSSR count). The fourth-order valence-corrected chi connectivity index (χ4v) is 8.81. The van der Waals surface area contributed by atoms with Crippen molar-refractivity contribution in [2.45, 2.75) is 116 Å². The Kier molecular flexibility index (Phi) is 6.36. The normalized spacial score (nSPS) is 46.0. The van der Waals surface area contributed by atoms with Crippen LogP contribution in [0.3, 0.4) is 0 Å². The average Bonchev–Trinajstić information content (AvgIpc) is 3.02. The fraction of sp³-hybridized carbons (Fsp3) is 0.926. The van der Waals surface area contributed by atoms with Crippen LogP contribution in [0.4, 0.5) is 13.2 Å². The van der Waals surface area contributed by atoms with E-state index >= 15 is 0 Å². The van der Waals surface area contributed by atoms with Crippen molar-refractivity contribution in [3.05, 3.63) is 11.6 Å². The van der Waals surface area contributed by atoms with Gasteiger partial charge in [0, 0.05) is 0 Å². The van der Waals surface area contributed by atoms with Gasteiger partial charge in [0.1, 0.15) is 0 Å². The summed E-state index contributed by atoms with van der Waals surface area (Å²) in [6.07, 6.45) is 5.46. The molecule has 184 valence electrons. The lowest BCUT2D eigenvalue weighted by Gasteiger charge is -2.59. The third kappa shape index (κ3) is 4.42. The van der Waals surface area contributed by atoms with E-state index in [2.05, 4.69) is 26.8 Å². The predicted octanol–water partition coefficient (Wildman–Crippen LogP) is 7.05. The minimum atomic E-state index is -4.29. The standard InChI is InChI=1S/C27H43F3O2/c1-17(5-7-19(31)16-27(28,29)30)21-9-10-22-20-8-6-18-15-24(2,32)13-14-25(18,3)23(20)11-12-26(21,22)4/h6,17,19-23,31-32H,5,7-16H2,1-4H3/t17-,19-,20+,21-,22+,23+,24+,25+,26-/m1/s1. The van der Waals surface area contributed by atoms with Crippen molar-refractivity contribution in [3.63, 3.8) is 0 Å². The minimum absolute atomic E-state index is 0.220.